The monoisotopic (exact) mass is 293 g/mol. The van der Waals surface area contributed by atoms with Gasteiger partial charge >= 0.3 is 5.97 Å². The normalized spacial score (nSPS) is 12.0. The van der Waals surface area contributed by atoms with Crippen molar-refractivity contribution in [1.29, 1.82) is 0 Å². The molecule has 116 valence electrons. The van der Waals surface area contributed by atoms with Gasteiger partial charge in [-0.25, -0.2) is 4.79 Å². The summed E-state index contributed by atoms with van der Waals surface area (Å²) in [5.41, 5.74) is 5.78. The summed E-state index contributed by atoms with van der Waals surface area (Å²) in [6.07, 6.45) is -1.35. The van der Waals surface area contributed by atoms with Crippen molar-refractivity contribution in [2.75, 3.05) is 13.7 Å². The zero-order chi connectivity index (χ0) is 16.3. The Balaban J connectivity index is 3.02. The van der Waals surface area contributed by atoms with Gasteiger partial charge in [-0.2, -0.15) is 0 Å². The first-order valence-electron chi connectivity index (χ1n) is 6.83. The molecule has 0 aliphatic heterocycles. The molecule has 21 heavy (non-hydrogen) atoms. The molecule has 0 saturated heterocycles. The summed E-state index contributed by atoms with van der Waals surface area (Å²) in [5.74, 6) is -1.06. The van der Waals surface area contributed by atoms with Crippen LogP contribution >= 0.6 is 0 Å². The largest absolute Gasteiger partial charge is 0.467 e. The first kappa shape index (κ1) is 17.2. The Hall–Kier alpha value is -1.88. The molecule has 2 N–H and O–H groups in total. The van der Waals surface area contributed by atoms with Gasteiger partial charge in [-0.15, -0.1) is 0 Å². The van der Waals surface area contributed by atoms with E-state index in [1.165, 1.54) is 12.7 Å². The topological polar surface area (TPSA) is 75.6 Å². The van der Waals surface area contributed by atoms with Crippen molar-refractivity contribution in [2.45, 2.75) is 40.7 Å². The van der Waals surface area contributed by atoms with Crippen molar-refractivity contribution in [3.63, 3.8) is 0 Å². The third-order valence-corrected chi connectivity index (χ3v) is 4.16. The number of rotatable bonds is 4. The summed E-state index contributed by atoms with van der Waals surface area (Å²) in [7, 11) is 1.19. The number of methoxy groups -OCH3 is 1. The summed E-state index contributed by atoms with van der Waals surface area (Å²) in [4.78, 5) is 23.5. The molecule has 5 heteroatoms. The summed E-state index contributed by atoms with van der Waals surface area (Å²) in [5, 5.41) is 12.1. The van der Waals surface area contributed by atoms with E-state index in [-0.39, 0.29) is 12.5 Å². The molecule has 1 aromatic rings. The standard InChI is InChI=1S/C16H23NO4/c1-8-9(2)11(4)14(12(5)10(8)3)15(19)17-7-13(18)16(20)21-6/h13,18H,7H2,1-6H3,(H,17,19). The molecule has 0 bridgehead atoms. The van der Waals surface area contributed by atoms with Gasteiger partial charge in [0, 0.05) is 5.56 Å². The Morgan fingerprint density at radius 1 is 1.00 bits per heavy atom. The number of hydrogen-bond donors (Lipinski definition) is 2. The van der Waals surface area contributed by atoms with Gasteiger partial charge in [0.15, 0.2) is 6.10 Å². The second-order valence-electron chi connectivity index (χ2n) is 5.25. The van der Waals surface area contributed by atoms with E-state index in [1.54, 1.807) is 0 Å². The summed E-state index contributed by atoms with van der Waals surface area (Å²) >= 11 is 0. The van der Waals surface area contributed by atoms with Gasteiger partial charge in [-0.05, 0) is 62.4 Å². The minimum atomic E-state index is -1.35. The highest BCUT2D eigenvalue weighted by molar-refractivity contribution is 5.98. The SMILES string of the molecule is COC(=O)C(O)CNC(=O)c1c(C)c(C)c(C)c(C)c1C. The number of aliphatic hydroxyl groups excluding tert-OH is 1. The number of nitrogens with one attached hydrogen (secondary N) is 1. The molecule has 5 nitrogen and oxygen atoms in total. The second kappa shape index (κ2) is 6.72. The van der Waals surface area contributed by atoms with E-state index in [9.17, 15) is 14.7 Å². The quantitative estimate of drug-likeness (QED) is 0.825. The number of aliphatic hydroxyl groups is 1. The molecule has 0 aromatic heterocycles. The van der Waals surface area contributed by atoms with Crippen LogP contribution in [0.3, 0.4) is 0 Å². The van der Waals surface area contributed by atoms with Gasteiger partial charge < -0.3 is 15.2 Å². The van der Waals surface area contributed by atoms with E-state index in [0.29, 0.717) is 5.56 Å². The molecule has 0 aliphatic rings. The Kier molecular flexibility index (Phi) is 5.49. The van der Waals surface area contributed by atoms with Crippen molar-refractivity contribution >= 4 is 11.9 Å². The molecule has 0 fully saturated rings. The summed E-state index contributed by atoms with van der Waals surface area (Å²) in [6, 6.07) is 0. The number of benzene rings is 1. The Morgan fingerprint density at radius 2 is 1.43 bits per heavy atom. The van der Waals surface area contributed by atoms with E-state index in [4.69, 9.17) is 0 Å². The highest BCUT2D eigenvalue weighted by Gasteiger charge is 2.21. The van der Waals surface area contributed by atoms with Crippen LogP contribution in [0, 0.1) is 34.6 Å². The van der Waals surface area contributed by atoms with Crippen LogP contribution in [0.25, 0.3) is 0 Å². The molecule has 0 aliphatic carbocycles. The number of hydrogen-bond acceptors (Lipinski definition) is 4. The number of ether oxygens (including phenoxy) is 1. The maximum absolute atomic E-state index is 12.3. The van der Waals surface area contributed by atoms with Crippen LogP contribution in [-0.2, 0) is 9.53 Å². The molecule has 0 spiro atoms. The highest BCUT2D eigenvalue weighted by Crippen LogP contribution is 2.25. The Morgan fingerprint density at radius 3 is 1.86 bits per heavy atom. The number of carbonyl (C=O) groups excluding carboxylic acids is 2. The molecule has 1 unspecified atom stereocenters. The zero-order valence-corrected chi connectivity index (χ0v) is 13.5. The van der Waals surface area contributed by atoms with Crippen LogP contribution in [0.4, 0.5) is 0 Å². The highest BCUT2D eigenvalue weighted by atomic mass is 16.5. The Labute approximate surface area is 125 Å². The minimum absolute atomic E-state index is 0.170. The molecular formula is C16H23NO4. The third kappa shape index (κ3) is 3.42. The van der Waals surface area contributed by atoms with Crippen molar-refractivity contribution in [1.82, 2.24) is 5.32 Å². The smallest absolute Gasteiger partial charge is 0.336 e. The van der Waals surface area contributed by atoms with Gasteiger partial charge in [-0.1, -0.05) is 0 Å². The third-order valence-electron chi connectivity index (χ3n) is 4.16. The Bertz CT molecular complexity index is 549. The van der Waals surface area contributed by atoms with Gasteiger partial charge in [0.2, 0.25) is 0 Å². The average molecular weight is 293 g/mol. The minimum Gasteiger partial charge on any atom is -0.467 e. The molecule has 1 aromatic carbocycles. The van der Waals surface area contributed by atoms with Crippen LogP contribution in [0.15, 0.2) is 0 Å². The summed E-state index contributed by atoms with van der Waals surface area (Å²) < 4.78 is 4.41. The van der Waals surface area contributed by atoms with E-state index in [1.807, 2.05) is 34.6 Å². The fourth-order valence-electron chi connectivity index (χ4n) is 2.34. The molecule has 0 radical (unpaired) electrons. The van der Waals surface area contributed by atoms with Gasteiger partial charge in [0.1, 0.15) is 0 Å². The van der Waals surface area contributed by atoms with Gasteiger partial charge in [0.05, 0.1) is 13.7 Å². The predicted octanol–water partition coefficient (Wildman–Crippen LogP) is 1.49. The number of esters is 1. The lowest BCUT2D eigenvalue weighted by molar-refractivity contribution is -0.149. The number of carbonyl (C=O) groups is 2. The van der Waals surface area contributed by atoms with Crippen molar-refractivity contribution < 1.29 is 19.4 Å². The lowest BCUT2D eigenvalue weighted by atomic mass is 9.89. The zero-order valence-electron chi connectivity index (χ0n) is 13.5. The fraction of sp³-hybridized carbons (Fsp3) is 0.500. The van der Waals surface area contributed by atoms with Crippen LogP contribution in [0.1, 0.15) is 38.2 Å². The molecular weight excluding hydrogens is 270 g/mol. The van der Waals surface area contributed by atoms with Crippen LogP contribution in [-0.4, -0.2) is 36.7 Å². The lowest BCUT2D eigenvalue weighted by Gasteiger charge is -2.18. The first-order valence-corrected chi connectivity index (χ1v) is 6.83. The fourth-order valence-corrected chi connectivity index (χ4v) is 2.34. The number of amides is 1. The van der Waals surface area contributed by atoms with Crippen molar-refractivity contribution in [3.8, 4) is 0 Å². The van der Waals surface area contributed by atoms with E-state index < -0.39 is 12.1 Å². The van der Waals surface area contributed by atoms with E-state index in [2.05, 4.69) is 10.1 Å². The van der Waals surface area contributed by atoms with Gasteiger partial charge in [0.25, 0.3) is 5.91 Å². The molecule has 0 saturated carbocycles. The second-order valence-corrected chi connectivity index (χ2v) is 5.25. The summed E-state index contributed by atoms with van der Waals surface area (Å²) in [6.45, 7) is 9.64. The van der Waals surface area contributed by atoms with Crippen molar-refractivity contribution in [2.24, 2.45) is 0 Å². The van der Waals surface area contributed by atoms with E-state index >= 15 is 0 Å². The molecule has 1 rings (SSSR count). The average Bonchev–Trinajstić information content (AvgIpc) is 2.47. The molecule has 1 amide bonds. The molecule has 0 heterocycles. The van der Waals surface area contributed by atoms with Crippen LogP contribution in [0.5, 0.6) is 0 Å². The van der Waals surface area contributed by atoms with E-state index in [0.717, 1.165) is 22.3 Å². The van der Waals surface area contributed by atoms with Crippen LogP contribution < -0.4 is 5.32 Å². The van der Waals surface area contributed by atoms with Crippen LogP contribution in [0.2, 0.25) is 0 Å². The maximum atomic E-state index is 12.3. The maximum Gasteiger partial charge on any atom is 0.336 e. The first-order chi connectivity index (χ1) is 9.72. The predicted molar refractivity (Wildman–Crippen MR) is 80.5 cm³/mol. The molecule has 1 atom stereocenters. The van der Waals surface area contributed by atoms with Crippen molar-refractivity contribution in [3.05, 3.63) is 33.4 Å². The van der Waals surface area contributed by atoms with Gasteiger partial charge in [-0.3, -0.25) is 4.79 Å². The lowest BCUT2D eigenvalue weighted by Crippen LogP contribution is -2.37.